The summed E-state index contributed by atoms with van der Waals surface area (Å²) in [7, 11) is 2.16. The van der Waals surface area contributed by atoms with E-state index in [9.17, 15) is 0 Å². The molecule has 0 aliphatic heterocycles. The first-order valence-electron chi connectivity index (χ1n) is 7.75. The molecule has 0 saturated heterocycles. The summed E-state index contributed by atoms with van der Waals surface area (Å²) in [6.07, 6.45) is 2.29. The highest BCUT2D eigenvalue weighted by molar-refractivity contribution is 5.27. The van der Waals surface area contributed by atoms with Gasteiger partial charge in [0.1, 0.15) is 5.75 Å². The van der Waals surface area contributed by atoms with Crippen LogP contribution in [-0.2, 0) is 6.54 Å². The summed E-state index contributed by atoms with van der Waals surface area (Å²) in [5.74, 6) is 0.978. The lowest BCUT2D eigenvalue weighted by Crippen LogP contribution is -2.32. The number of nitrogens with one attached hydrogen (secondary N) is 1. The standard InChI is InChI=1S/C17H30N2O/c1-5-6-13-20-17-9-7-16(8-10-17)14-19(4)12-11-18-15(2)3/h7-10,15,18H,5-6,11-14H2,1-4H3. The Labute approximate surface area is 124 Å². The maximum absolute atomic E-state index is 5.67. The lowest BCUT2D eigenvalue weighted by atomic mass is 10.2. The predicted molar refractivity (Wildman–Crippen MR) is 86.3 cm³/mol. The Morgan fingerprint density at radius 3 is 2.50 bits per heavy atom. The van der Waals surface area contributed by atoms with Gasteiger partial charge in [-0.3, -0.25) is 0 Å². The molecule has 0 unspecified atom stereocenters. The van der Waals surface area contributed by atoms with E-state index in [0.717, 1.165) is 38.4 Å². The van der Waals surface area contributed by atoms with Crippen LogP contribution in [0.5, 0.6) is 5.75 Å². The van der Waals surface area contributed by atoms with Crippen molar-refractivity contribution < 1.29 is 4.74 Å². The zero-order chi connectivity index (χ0) is 14.8. The van der Waals surface area contributed by atoms with E-state index < -0.39 is 0 Å². The SMILES string of the molecule is CCCCOc1ccc(CN(C)CCNC(C)C)cc1. The molecule has 0 spiro atoms. The molecule has 0 fully saturated rings. The minimum absolute atomic E-state index is 0.558. The maximum Gasteiger partial charge on any atom is 0.119 e. The molecule has 1 aromatic carbocycles. The number of hydrogen-bond acceptors (Lipinski definition) is 3. The Hall–Kier alpha value is -1.06. The smallest absolute Gasteiger partial charge is 0.119 e. The van der Waals surface area contributed by atoms with Crippen LogP contribution < -0.4 is 10.1 Å². The predicted octanol–water partition coefficient (Wildman–Crippen LogP) is 3.30. The van der Waals surface area contributed by atoms with Gasteiger partial charge < -0.3 is 15.0 Å². The number of likely N-dealkylation sites (N-methyl/N-ethyl adjacent to an activating group) is 1. The van der Waals surface area contributed by atoms with E-state index in [1.807, 2.05) is 0 Å². The fraction of sp³-hybridized carbons (Fsp3) is 0.647. The fourth-order valence-electron chi connectivity index (χ4n) is 1.96. The van der Waals surface area contributed by atoms with Gasteiger partial charge in [0.05, 0.1) is 6.61 Å². The summed E-state index contributed by atoms with van der Waals surface area (Å²) in [4.78, 5) is 2.34. The molecule has 0 saturated carbocycles. The second-order valence-electron chi connectivity index (χ2n) is 5.69. The average Bonchev–Trinajstić information content (AvgIpc) is 2.40. The molecule has 0 radical (unpaired) electrons. The minimum Gasteiger partial charge on any atom is -0.494 e. The van der Waals surface area contributed by atoms with Gasteiger partial charge in [0, 0.05) is 25.7 Å². The largest absolute Gasteiger partial charge is 0.494 e. The number of benzene rings is 1. The zero-order valence-corrected chi connectivity index (χ0v) is 13.5. The van der Waals surface area contributed by atoms with E-state index in [1.165, 1.54) is 12.0 Å². The molecule has 0 bridgehead atoms. The molecule has 114 valence electrons. The van der Waals surface area contributed by atoms with E-state index in [4.69, 9.17) is 4.74 Å². The van der Waals surface area contributed by atoms with Crippen LogP contribution in [0.3, 0.4) is 0 Å². The maximum atomic E-state index is 5.67. The Kier molecular flexibility index (Phi) is 8.31. The summed E-state index contributed by atoms with van der Waals surface area (Å²) in [6, 6.07) is 9.03. The summed E-state index contributed by atoms with van der Waals surface area (Å²) >= 11 is 0. The highest BCUT2D eigenvalue weighted by Gasteiger charge is 2.01. The van der Waals surface area contributed by atoms with Crippen molar-refractivity contribution in [2.45, 2.75) is 46.2 Å². The quantitative estimate of drug-likeness (QED) is 0.665. The molecule has 20 heavy (non-hydrogen) atoms. The van der Waals surface area contributed by atoms with Crippen LogP contribution in [0.25, 0.3) is 0 Å². The van der Waals surface area contributed by atoms with Crippen LogP contribution in [0.4, 0.5) is 0 Å². The summed E-state index contributed by atoms with van der Waals surface area (Å²) in [6.45, 7) is 10.4. The zero-order valence-electron chi connectivity index (χ0n) is 13.5. The Morgan fingerprint density at radius 2 is 1.90 bits per heavy atom. The van der Waals surface area contributed by atoms with Crippen LogP contribution >= 0.6 is 0 Å². The lowest BCUT2D eigenvalue weighted by Gasteiger charge is -2.18. The third-order valence-electron chi connectivity index (χ3n) is 3.19. The lowest BCUT2D eigenvalue weighted by molar-refractivity contribution is 0.307. The van der Waals surface area contributed by atoms with Gasteiger partial charge in [0.15, 0.2) is 0 Å². The Balaban J connectivity index is 2.29. The van der Waals surface area contributed by atoms with Gasteiger partial charge in [0.25, 0.3) is 0 Å². The topological polar surface area (TPSA) is 24.5 Å². The van der Waals surface area contributed by atoms with Crippen molar-refractivity contribution in [1.82, 2.24) is 10.2 Å². The molecule has 0 amide bonds. The first kappa shape index (κ1) is 17.0. The fourth-order valence-corrected chi connectivity index (χ4v) is 1.96. The van der Waals surface area contributed by atoms with Crippen molar-refractivity contribution in [2.24, 2.45) is 0 Å². The van der Waals surface area contributed by atoms with Crippen LogP contribution in [0.15, 0.2) is 24.3 Å². The Bertz CT molecular complexity index is 349. The van der Waals surface area contributed by atoms with Crippen molar-refractivity contribution in [3.63, 3.8) is 0 Å². The molecule has 1 rings (SSSR count). The summed E-state index contributed by atoms with van der Waals surface area (Å²) in [5.41, 5.74) is 1.33. The third kappa shape index (κ3) is 7.51. The molecular weight excluding hydrogens is 248 g/mol. The molecule has 1 N–H and O–H groups in total. The van der Waals surface area contributed by atoms with Crippen molar-refractivity contribution in [1.29, 1.82) is 0 Å². The van der Waals surface area contributed by atoms with Gasteiger partial charge in [-0.2, -0.15) is 0 Å². The van der Waals surface area contributed by atoms with Crippen molar-refractivity contribution in [2.75, 3.05) is 26.7 Å². The number of hydrogen-bond donors (Lipinski definition) is 1. The second-order valence-corrected chi connectivity index (χ2v) is 5.69. The van der Waals surface area contributed by atoms with Crippen LogP contribution in [-0.4, -0.2) is 37.7 Å². The van der Waals surface area contributed by atoms with Gasteiger partial charge in [-0.15, -0.1) is 0 Å². The van der Waals surface area contributed by atoms with Crippen molar-refractivity contribution >= 4 is 0 Å². The highest BCUT2D eigenvalue weighted by atomic mass is 16.5. The van der Waals surface area contributed by atoms with Gasteiger partial charge in [-0.1, -0.05) is 39.3 Å². The van der Waals surface area contributed by atoms with E-state index in [-0.39, 0.29) is 0 Å². The monoisotopic (exact) mass is 278 g/mol. The third-order valence-corrected chi connectivity index (χ3v) is 3.19. The highest BCUT2D eigenvalue weighted by Crippen LogP contribution is 2.13. The number of rotatable bonds is 10. The number of nitrogens with zero attached hydrogens (tertiary/aromatic N) is 1. The number of unbranched alkanes of at least 4 members (excludes halogenated alkanes) is 1. The van der Waals surface area contributed by atoms with Crippen molar-refractivity contribution in [3.05, 3.63) is 29.8 Å². The second kappa shape index (κ2) is 9.78. The number of ether oxygens (including phenoxy) is 1. The van der Waals surface area contributed by atoms with Gasteiger partial charge >= 0.3 is 0 Å². The first-order chi connectivity index (χ1) is 9.61. The van der Waals surface area contributed by atoms with E-state index in [0.29, 0.717) is 6.04 Å². The average molecular weight is 278 g/mol. The van der Waals surface area contributed by atoms with Crippen LogP contribution in [0.2, 0.25) is 0 Å². The molecule has 0 heterocycles. The van der Waals surface area contributed by atoms with E-state index in [1.54, 1.807) is 0 Å². The molecular formula is C17H30N2O. The summed E-state index contributed by atoms with van der Waals surface area (Å²) < 4.78 is 5.67. The minimum atomic E-state index is 0.558. The molecule has 1 aromatic rings. The van der Waals surface area contributed by atoms with Crippen LogP contribution in [0, 0.1) is 0 Å². The summed E-state index contributed by atoms with van der Waals surface area (Å²) in [5, 5.41) is 3.44. The van der Waals surface area contributed by atoms with Gasteiger partial charge in [-0.05, 0) is 31.2 Å². The Morgan fingerprint density at radius 1 is 1.20 bits per heavy atom. The van der Waals surface area contributed by atoms with E-state index in [2.05, 4.69) is 62.3 Å². The first-order valence-corrected chi connectivity index (χ1v) is 7.75. The molecule has 0 aliphatic rings. The molecule has 0 atom stereocenters. The molecule has 0 aliphatic carbocycles. The van der Waals surface area contributed by atoms with Gasteiger partial charge in [0.2, 0.25) is 0 Å². The van der Waals surface area contributed by atoms with E-state index >= 15 is 0 Å². The van der Waals surface area contributed by atoms with Gasteiger partial charge in [-0.25, -0.2) is 0 Å². The molecule has 3 heteroatoms. The molecule has 0 aromatic heterocycles. The van der Waals surface area contributed by atoms with Crippen molar-refractivity contribution in [3.8, 4) is 5.75 Å². The normalized spacial score (nSPS) is 11.3. The molecule has 3 nitrogen and oxygen atoms in total. The van der Waals surface area contributed by atoms with Crippen LogP contribution in [0.1, 0.15) is 39.2 Å².